The van der Waals surface area contributed by atoms with Gasteiger partial charge in [-0.2, -0.15) is 0 Å². The van der Waals surface area contributed by atoms with Crippen molar-refractivity contribution >= 4 is 5.97 Å². The molecule has 9 atom stereocenters. The molecular weight excluding hydrogens is 384 g/mol. The van der Waals surface area contributed by atoms with E-state index in [1.54, 1.807) is 6.92 Å². The van der Waals surface area contributed by atoms with Crippen molar-refractivity contribution in [3.8, 4) is 0 Å². The Morgan fingerprint density at radius 3 is 2.52 bits per heavy atom. The van der Waals surface area contributed by atoms with Crippen LogP contribution in [0.5, 0.6) is 0 Å². The lowest BCUT2D eigenvalue weighted by Crippen LogP contribution is -2.66. The molecule has 0 spiro atoms. The molecule has 0 aromatic carbocycles. The van der Waals surface area contributed by atoms with Gasteiger partial charge in [-0.25, -0.2) is 0 Å². The summed E-state index contributed by atoms with van der Waals surface area (Å²) in [6.45, 7) is 12.5. The third-order valence-corrected chi connectivity index (χ3v) is 11.2. The van der Waals surface area contributed by atoms with Gasteiger partial charge in [-0.05, 0) is 85.9 Å². The summed E-state index contributed by atoms with van der Waals surface area (Å²) in [5.74, 6) is 5.07. The van der Waals surface area contributed by atoms with Crippen molar-refractivity contribution in [1.82, 2.24) is 0 Å². The molecule has 0 aromatic rings. The topological polar surface area (TPSA) is 35.5 Å². The highest BCUT2D eigenvalue weighted by Crippen LogP contribution is 2.75. The number of carbonyl (C=O) groups is 1. The van der Waals surface area contributed by atoms with Crippen molar-refractivity contribution in [3.05, 3.63) is 0 Å². The van der Waals surface area contributed by atoms with E-state index in [1.165, 1.54) is 57.8 Å². The van der Waals surface area contributed by atoms with Gasteiger partial charge in [-0.15, -0.1) is 0 Å². The molecule has 5 aliphatic rings. The normalized spacial score (nSPS) is 48.9. The monoisotopic (exact) mass is 430 g/mol. The fraction of sp³-hybridized carbons (Fsp3) is 0.964. The van der Waals surface area contributed by atoms with E-state index < -0.39 is 0 Å². The zero-order chi connectivity index (χ0) is 22.0. The summed E-state index contributed by atoms with van der Waals surface area (Å²) in [4.78, 5) is 11.6. The molecule has 0 N–H and O–H groups in total. The molecule has 0 bridgehead atoms. The molecule has 31 heavy (non-hydrogen) atoms. The lowest BCUT2D eigenvalue weighted by atomic mass is 9.52. The van der Waals surface area contributed by atoms with Gasteiger partial charge in [0.05, 0.1) is 12.2 Å². The molecule has 1 aliphatic heterocycles. The zero-order valence-electron chi connectivity index (χ0n) is 20.8. The molecule has 5 fully saturated rings. The Balaban J connectivity index is 1.31. The van der Waals surface area contributed by atoms with Crippen LogP contribution in [0, 0.1) is 46.3 Å². The zero-order valence-corrected chi connectivity index (χ0v) is 20.8. The van der Waals surface area contributed by atoms with Crippen LogP contribution in [0.1, 0.15) is 105 Å². The van der Waals surface area contributed by atoms with Gasteiger partial charge in [-0.3, -0.25) is 4.79 Å². The van der Waals surface area contributed by atoms with E-state index in [-0.39, 0.29) is 17.7 Å². The maximum Gasteiger partial charge on any atom is 0.302 e. The molecular formula is C28H46O3. The van der Waals surface area contributed by atoms with Crippen molar-refractivity contribution in [1.29, 1.82) is 0 Å². The summed E-state index contributed by atoms with van der Waals surface area (Å²) in [5.41, 5.74) is 0.956. The molecule has 1 heterocycles. The molecule has 0 aromatic heterocycles. The number of rotatable bonds is 6. The van der Waals surface area contributed by atoms with Crippen molar-refractivity contribution in [2.24, 2.45) is 46.3 Å². The van der Waals surface area contributed by atoms with Gasteiger partial charge < -0.3 is 9.47 Å². The fourth-order valence-corrected chi connectivity index (χ4v) is 9.89. The number of esters is 1. The first-order valence-electron chi connectivity index (χ1n) is 13.5. The average molecular weight is 431 g/mol. The summed E-state index contributed by atoms with van der Waals surface area (Å²) in [6.07, 6.45) is 14.5. The standard InChI is InChI=1S/C28H46O3/c1-18(2)7-6-8-19(3)23-9-10-24-22-16-28-15-21(31-20(4)29)11-14-27(28,17-30-28)25(22)12-13-26(23,24)5/h18-19,21-25H,6-17H2,1-5H3/t19-,21+,22+,23-,24+,25+,26-,27+,28-/m1/s1. The maximum absolute atomic E-state index is 11.6. The third kappa shape index (κ3) is 3.26. The lowest BCUT2D eigenvalue weighted by molar-refractivity contribution is -0.296. The SMILES string of the molecule is CC(=O)O[C@H]1CC[C@@]23CO[C@]2(C1)C[C@H]1[C@@H]2CC[C@H]([C@H](C)CCCC(C)C)[C@@]2(C)CC[C@@H]13. The van der Waals surface area contributed by atoms with Gasteiger partial charge in [0.1, 0.15) is 6.10 Å². The van der Waals surface area contributed by atoms with E-state index in [9.17, 15) is 4.79 Å². The molecule has 0 amide bonds. The van der Waals surface area contributed by atoms with Crippen LogP contribution < -0.4 is 0 Å². The average Bonchev–Trinajstić information content (AvgIpc) is 3.12. The van der Waals surface area contributed by atoms with E-state index in [4.69, 9.17) is 9.47 Å². The number of fused-ring (bicyclic) bond motifs is 3. The maximum atomic E-state index is 11.6. The quantitative estimate of drug-likeness (QED) is 0.436. The molecule has 3 nitrogen and oxygen atoms in total. The second-order valence-corrected chi connectivity index (χ2v) is 13.0. The fourth-order valence-electron chi connectivity index (χ4n) is 9.89. The highest BCUT2D eigenvalue weighted by Gasteiger charge is 2.75. The van der Waals surface area contributed by atoms with E-state index in [0.717, 1.165) is 55.0 Å². The van der Waals surface area contributed by atoms with Crippen LogP contribution in [0.4, 0.5) is 0 Å². The van der Waals surface area contributed by atoms with E-state index in [1.807, 2.05) is 0 Å². The molecule has 176 valence electrons. The first kappa shape index (κ1) is 22.2. The Morgan fingerprint density at radius 1 is 1.03 bits per heavy atom. The van der Waals surface area contributed by atoms with Crippen molar-refractivity contribution in [2.75, 3.05) is 6.61 Å². The first-order valence-corrected chi connectivity index (χ1v) is 13.5. The van der Waals surface area contributed by atoms with Crippen LogP contribution in [-0.2, 0) is 14.3 Å². The second kappa shape index (κ2) is 7.74. The molecule has 4 saturated carbocycles. The molecule has 1 saturated heterocycles. The summed E-state index contributed by atoms with van der Waals surface area (Å²) >= 11 is 0. The van der Waals surface area contributed by atoms with Crippen LogP contribution in [0.2, 0.25) is 0 Å². The van der Waals surface area contributed by atoms with E-state index in [2.05, 4.69) is 27.7 Å². The molecule has 0 unspecified atom stereocenters. The van der Waals surface area contributed by atoms with Crippen LogP contribution >= 0.6 is 0 Å². The van der Waals surface area contributed by atoms with Gasteiger partial charge in [0.15, 0.2) is 0 Å². The minimum Gasteiger partial charge on any atom is -0.462 e. The van der Waals surface area contributed by atoms with Crippen LogP contribution in [0.25, 0.3) is 0 Å². The Labute approximate surface area is 190 Å². The van der Waals surface area contributed by atoms with Gasteiger partial charge >= 0.3 is 5.97 Å². The van der Waals surface area contributed by atoms with Crippen LogP contribution in [0.15, 0.2) is 0 Å². The summed E-state index contributed by atoms with van der Waals surface area (Å²) in [7, 11) is 0. The smallest absolute Gasteiger partial charge is 0.302 e. The van der Waals surface area contributed by atoms with Crippen LogP contribution in [-0.4, -0.2) is 24.3 Å². The number of hydrogen-bond acceptors (Lipinski definition) is 3. The minimum atomic E-state index is -0.124. The summed E-state index contributed by atoms with van der Waals surface area (Å²) < 4.78 is 12.2. The summed E-state index contributed by atoms with van der Waals surface area (Å²) in [6, 6.07) is 0. The lowest BCUT2D eigenvalue weighted by Gasteiger charge is -2.62. The molecule has 4 aliphatic carbocycles. The second-order valence-electron chi connectivity index (χ2n) is 13.0. The van der Waals surface area contributed by atoms with E-state index in [0.29, 0.717) is 10.8 Å². The third-order valence-electron chi connectivity index (χ3n) is 11.2. The van der Waals surface area contributed by atoms with E-state index >= 15 is 0 Å². The van der Waals surface area contributed by atoms with Gasteiger partial charge in [-0.1, -0.05) is 47.0 Å². The predicted octanol–water partition coefficient (Wildman–Crippen LogP) is 6.78. The van der Waals surface area contributed by atoms with Gasteiger partial charge in [0.25, 0.3) is 0 Å². The first-order chi connectivity index (χ1) is 14.7. The van der Waals surface area contributed by atoms with Gasteiger partial charge in [0.2, 0.25) is 0 Å². The Kier molecular flexibility index (Phi) is 5.55. The number of ether oxygens (including phenoxy) is 2. The minimum absolute atomic E-state index is 0.0208. The largest absolute Gasteiger partial charge is 0.462 e. The molecule has 3 heteroatoms. The van der Waals surface area contributed by atoms with Crippen molar-refractivity contribution in [2.45, 2.75) is 117 Å². The number of carbonyl (C=O) groups excluding carboxylic acids is 1. The van der Waals surface area contributed by atoms with Crippen LogP contribution in [0.3, 0.4) is 0 Å². The summed E-state index contributed by atoms with van der Waals surface area (Å²) in [5, 5.41) is 0. The molecule has 0 radical (unpaired) electrons. The van der Waals surface area contributed by atoms with Gasteiger partial charge in [0, 0.05) is 18.8 Å². The Morgan fingerprint density at radius 2 is 1.84 bits per heavy atom. The van der Waals surface area contributed by atoms with Crippen molar-refractivity contribution < 1.29 is 14.3 Å². The Bertz CT molecular complexity index is 702. The predicted molar refractivity (Wildman–Crippen MR) is 124 cm³/mol. The molecule has 5 rings (SSSR count). The highest BCUT2D eigenvalue weighted by atomic mass is 16.6. The Hall–Kier alpha value is -0.570. The van der Waals surface area contributed by atoms with Crippen molar-refractivity contribution in [3.63, 3.8) is 0 Å². The highest BCUT2D eigenvalue weighted by molar-refractivity contribution is 5.66. The number of hydrogen-bond donors (Lipinski definition) is 0.